The van der Waals surface area contributed by atoms with Gasteiger partial charge in [-0.25, -0.2) is 0 Å². The van der Waals surface area contributed by atoms with E-state index in [1.54, 1.807) is 0 Å². The first-order chi connectivity index (χ1) is 0. The van der Waals surface area contributed by atoms with Crippen LogP contribution >= 0.6 is 0 Å². The fraction of sp³-hybridized carbons (Fsp3) is 0. The van der Waals surface area contributed by atoms with Crippen LogP contribution in [0.1, 0.15) is 0 Å². The molecule has 2 radical (unpaired) electrons. The molecule has 0 aromatic heterocycles. The van der Waals surface area contributed by atoms with Gasteiger partial charge in [0.05, 0.1) is 0 Å². The summed E-state index contributed by atoms with van der Waals surface area (Å²) in [5.41, 5.74) is 0. The van der Waals surface area contributed by atoms with Crippen LogP contribution in [-0.2, 0) is 33.0 Å². The minimum absolute atomic E-state index is 0. The van der Waals surface area contributed by atoms with E-state index in [4.69, 9.17) is 0 Å². The topological polar surface area (TPSA) is 0 Å². The second kappa shape index (κ2) is 18.0. The van der Waals surface area contributed by atoms with Gasteiger partial charge < -0.3 is 13.5 Å². The summed E-state index contributed by atoms with van der Waals surface area (Å²) in [6, 6.07) is 0. The fourth-order valence-corrected chi connectivity index (χ4v) is 0. The van der Waals surface area contributed by atoms with Gasteiger partial charge in [-0.05, 0) is 0 Å². The zero-order valence-electron chi connectivity index (χ0n) is 2.32. The average Bonchev–Trinajstić information content (AvgIpc) is 0. The minimum atomic E-state index is 0. The van der Waals surface area contributed by atoms with E-state index in [1.807, 2.05) is 0 Å². The summed E-state index contributed by atoms with van der Waals surface area (Å²) in [6.45, 7) is 0. The van der Waals surface area contributed by atoms with Crippen molar-refractivity contribution < 1.29 is 19.5 Å². The van der Waals surface area contributed by atoms with Crippen LogP contribution in [0.5, 0.6) is 0 Å². The summed E-state index contributed by atoms with van der Waals surface area (Å²) >= 11 is 0. The van der Waals surface area contributed by atoms with E-state index in [9.17, 15) is 0 Å². The number of hydrogen-bond donors (Lipinski definition) is 0. The molecule has 0 bridgehead atoms. The summed E-state index contributed by atoms with van der Waals surface area (Å²) in [5, 5.41) is 0. The minimum Gasteiger partial charge on any atom is -2.00 e. The molecular formula is H3AsPbSZn+2. The molecule has 18 valence electrons. The summed E-state index contributed by atoms with van der Waals surface area (Å²) in [4.78, 5) is 0. The monoisotopic (exact) mass is 382 g/mol. The van der Waals surface area contributed by atoms with Crippen molar-refractivity contribution in [2.24, 2.45) is 0 Å². The van der Waals surface area contributed by atoms with Gasteiger partial charge in [-0.2, -0.15) is 0 Å². The van der Waals surface area contributed by atoms with Gasteiger partial charge in [0.2, 0.25) is 0 Å². The largest absolute Gasteiger partial charge is 2.00 e. The molecule has 4 heteroatoms. The van der Waals surface area contributed by atoms with E-state index in [-0.39, 0.29) is 78.2 Å². The molecule has 0 aliphatic rings. The Balaban J connectivity index is 0. The van der Waals surface area contributed by atoms with E-state index < -0.39 is 0 Å². The molecule has 0 fully saturated rings. The molecule has 0 heterocycles. The first kappa shape index (κ1) is 31.9. The Kier molecular flexibility index (Phi) is 143. The molecule has 0 saturated heterocycles. The summed E-state index contributed by atoms with van der Waals surface area (Å²) in [5.74, 6) is 0. The molecule has 0 nitrogen and oxygen atoms in total. The molecule has 0 aromatic rings. The van der Waals surface area contributed by atoms with Gasteiger partial charge >= 0.3 is 64.7 Å². The third kappa shape index (κ3) is 8.82. The van der Waals surface area contributed by atoms with Gasteiger partial charge in [0.1, 0.15) is 0 Å². The first-order valence-electron chi connectivity index (χ1n) is 0. The molecular weight excluding hydrogens is 380 g/mol. The molecule has 0 aliphatic carbocycles. The molecule has 0 saturated carbocycles. The van der Waals surface area contributed by atoms with Crippen molar-refractivity contribution in [2.75, 3.05) is 0 Å². The van der Waals surface area contributed by atoms with Crippen molar-refractivity contribution in [3.63, 3.8) is 0 Å². The molecule has 0 aromatic carbocycles. The molecule has 0 rings (SSSR count). The number of hydrogen-bond acceptors (Lipinski definition) is 0. The molecule has 0 spiro atoms. The van der Waals surface area contributed by atoms with Gasteiger partial charge in [-0.1, -0.05) is 0 Å². The van der Waals surface area contributed by atoms with Gasteiger partial charge in [0, 0.05) is 0 Å². The van der Waals surface area contributed by atoms with Crippen molar-refractivity contribution in [1.29, 1.82) is 0 Å². The Labute approximate surface area is 77.2 Å². The zero-order chi connectivity index (χ0) is 0. The molecule has 1 unspecified atom stereocenters. The Morgan fingerprint density at radius 1 is 1.00 bits per heavy atom. The molecule has 1 atom stereocenters. The normalized spacial score (nSPS) is 0. The maximum atomic E-state index is 0. The van der Waals surface area contributed by atoms with Crippen LogP contribution in [-0.4, -0.2) is 45.3 Å². The van der Waals surface area contributed by atoms with Crippen LogP contribution in [0.4, 0.5) is 0 Å². The number of rotatable bonds is 0. The van der Waals surface area contributed by atoms with E-state index in [1.165, 1.54) is 0 Å². The second-order valence-corrected chi connectivity index (χ2v) is 0. The first-order valence-corrected chi connectivity index (χ1v) is 0. The average molecular weight is 383 g/mol. The third-order valence-electron chi connectivity index (χ3n) is 0. The standard InChI is InChI=1S/AsH3.Pb.S.Zn/h1H3;;;/q;+2;-2;+2. The van der Waals surface area contributed by atoms with E-state index in [2.05, 4.69) is 0 Å². The fourth-order valence-electron chi connectivity index (χ4n) is 0. The van der Waals surface area contributed by atoms with Crippen molar-refractivity contribution >= 4 is 58.7 Å². The Bertz CT molecular complexity index is 8.00. The maximum absolute atomic E-state index is 0. The summed E-state index contributed by atoms with van der Waals surface area (Å²) in [6.07, 6.45) is 0. The van der Waals surface area contributed by atoms with E-state index in [0.717, 1.165) is 0 Å². The second-order valence-electron chi connectivity index (χ2n) is 0. The predicted molar refractivity (Wildman–Crippen MR) is 23.1 cm³/mol. The zero-order valence-corrected chi connectivity index (χ0v) is 13.0. The summed E-state index contributed by atoms with van der Waals surface area (Å²) in [7, 11) is 0. The smallest absolute Gasteiger partial charge is 2.00 e. The van der Waals surface area contributed by atoms with Crippen LogP contribution in [0.25, 0.3) is 0 Å². The van der Waals surface area contributed by atoms with Gasteiger partial charge in [-0.3, -0.25) is 0 Å². The maximum Gasteiger partial charge on any atom is 2.00 e. The van der Waals surface area contributed by atoms with Crippen molar-refractivity contribution in [3.8, 4) is 0 Å². The van der Waals surface area contributed by atoms with Crippen molar-refractivity contribution in [3.05, 3.63) is 0 Å². The third-order valence-corrected chi connectivity index (χ3v) is 0. The quantitative estimate of drug-likeness (QED) is 0.444. The van der Waals surface area contributed by atoms with E-state index in [0.29, 0.717) is 0 Å². The Hall–Kier alpha value is 2.45. The van der Waals surface area contributed by atoms with Crippen LogP contribution in [0.3, 0.4) is 0 Å². The Morgan fingerprint density at radius 2 is 1.00 bits per heavy atom. The Morgan fingerprint density at radius 3 is 1.00 bits per heavy atom. The molecule has 0 N–H and O–H groups in total. The van der Waals surface area contributed by atoms with Crippen molar-refractivity contribution in [2.45, 2.75) is 0 Å². The van der Waals surface area contributed by atoms with Crippen LogP contribution in [0.15, 0.2) is 0 Å². The SMILES string of the molecule is [AsH3].[Pb+2].[S-2].[Zn+2]. The van der Waals surface area contributed by atoms with E-state index >= 15 is 0 Å². The predicted octanol–water partition coefficient (Wildman–Crippen LogP) is -1.57. The van der Waals surface area contributed by atoms with Gasteiger partial charge in [0.25, 0.3) is 0 Å². The molecule has 0 amide bonds. The van der Waals surface area contributed by atoms with Crippen LogP contribution in [0.2, 0.25) is 0 Å². The van der Waals surface area contributed by atoms with Crippen LogP contribution in [0, 0.1) is 0 Å². The summed E-state index contributed by atoms with van der Waals surface area (Å²) < 4.78 is 0. The van der Waals surface area contributed by atoms with Crippen molar-refractivity contribution in [1.82, 2.24) is 0 Å². The molecule has 4 heavy (non-hydrogen) atoms. The van der Waals surface area contributed by atoms with Gasteiger partial charge in [-0.15, -0.1) is 0 Å². The molecule has 0 aliphatic heterocycles. The van der Waals surface area contributed by atoms with Gasteiger partial charge in [0.15, 0.2) is 0 Å². The van der Waals surface area contributed by atoms with Crippen LogP contribution < -0.4 is 0 Å².